The molecule has 0 bridgehead atoms. The number of carbonyl (C=O) groups is 2. The van der Waals surface area contributed by atoms with Gasteiger partial charge in [0.05, 0.1) is 30.9 Å². The zero-order valence-electron chi connectivity index (χ0n) is 21.8. The summed E-state index contributed by atoms with van der Waals surface area (Å²) in [6.07, 6.45) is -6.06. The number of guanidine groups is 1. The zero-order valence-corrected chi connectivity index (χ0v) is 21.8. The summed E-state index contributed by atoms with van der Waals surface area (Å²) < 4.78 is 16.5. The molecule has 1 fully saturated rings. The van der Waals surface area contributed by atoms with E-state index in [0.29, 0.717) is 24.0 Å². The van der Waals surface area contributed by atoms with E-state index in [4.69, 9.17) is 19.9 Å². The predicted molar refractivity (Wildman–Crippen MR) is 139 cm³/mol. The van der Waals surface area contributed by atoms with Gasteiger partial charge in [-0.2, -0.15) is 0 Å². The minimum Gasteiger partial charge on any atom is -0.507 e. The van der Waals surface area contributed by atoms with Crippen LogP contribution < -0.4 is 20.5 Å². The van der Waals surface area contributed by atoms with Crippen LogP contribution in [0.5, 0.6) is 17.2 Å². The van der Waals surface area contributed by atoms with E-state index in [1.54, 1.807) is 6.07 Å². The number of nitrogens with one attached hydrogen (secondary N) is 1. The van der Waals surface area contributed by atoms with E-state index < -0.39 is 54.9 Å². The molecule has 2 aromatic carbocycles. The lowest BCUT2D eigenvalue weighted by Crippen LogP contribution is -2.60. The molecule has 13 nitrogen and oxygen atoms in total. The van der Waals surface area contributed by atoms with Gasteiger partial charge in [0.1, 0.15) is 41.7 Å². The van der Waals surface area contributed by atoms with Gasteiger partial charge in [0.25, 0.3) is 0 Å². The summed E-state index contributed by atoms with van der Waals surface area (Å²) in [6.45, 7) is -0.687. The first kappa shape index (κ1) is 27.8. The SMILES string of the molecule is CN=C(N)N[C@H]1CCCc2cc3c(c(O)c21)C(=O)c1c(O[C@H]2O[C@H](CO)[C@@H](O)[C@H](O)[C@H]2O)cc(OC)cc1C3=O. The number of hydrogen-bond acceptors (Lipinski definition) is 11. The number of phenolic OH excluding ortho intramolecular Hbond substituents is 1. The number of aliphatic imine (C=N–C) groups is 1. The Bertz CT molecular complexity index is 1390. The fourth-order valence-corrected chi connectivity index (χ4v) is 5.55. The summed E-state index contributed by atoms with van der Waals surface area (Å²) in [5.74, 6) is -1.53. The Morgan fingerprint density at radius 1 is 1.10 bits per heavy atom. The number of rotatable bonds is 5. The van der Waals surface area contributed by atoms with Crippen LogP contribution in [0.1, 0.15) is 61.9 Å². The molecule has 13 heteroatoms. The monoisotopic (exact) mass is 557 g/mol. The number of hydrogen-bond donors (Lipinski definition) is 7. The number of methoxy groups -OCH3 is 1. The van der Waals surface area contributed by atoms with Crippen LogP contribution in [-0.4, -0.2) is 94.5 Å². The Labute approximate surface area is 228 Å². The maximum Gasteiger partial charge on any atom is 0.229 e. The number of ketones is 2. The van der Waals surface area contributed by atoms with Crippen LogP contribution >= 0.6 is 0 Å². The Morgan fingerprint density at radius 3 is 2.50 bits per heavy atom. The van der Waals surface area contributed by atoms with Gasteiger partial charge in [-0.1, -0.05) is 0 Å². The number of fused-ring (bicyclic) bond motifs is 3. The number of nitrogens with two attached hydrogens (primary N) is 1. The molecule has 0 amide bonds. The molecular weight excluding hydrogens is 526 g/mol. The van der Waals surface area contributed by atoms with Crippen molar-refractivity contribution in [1.29, 1.82) is 0 Å². The summed E-state index contributed by atoms with van der Waals surface area (Å²) in [5, 5.41) is 54.8. The predicted octanol–water partition coefficient (Wildman–Crippen LogP) is -0.734. The highest BCUT2D eigenvalue weighted by molar-refractivity contribution is 6.30. The summed E-state index contributed by atoms with van der Waals surface area (Å²) in [7, 11) is 2.87. The fraction of sp³-hybridized carbons (Fsp3) is 0.444. The van der Waals surface area contributed by atoms with Crippen LogP contribution in [0.2, 0.25) is 0 Å². The fourth-order valence-electron chi connectivity index (χ4n) is 5.55. The minimum atomic E-state index is -1.76. The van der Waals surface area contributed by atoms with Crippen LogP contribution in [0.25, 0.3) is 0 Å². The minimum absolute atomic E-state index is 0.0265. The van der Waals surface area contributed by atoms with Crippen LogP contribution in [0.3, 0.4) is 0 Å². The summed E-state index contributed by atoms with van der Waals surface area (Å²) in [6, 6.07) is 3.84. The van der Waals surface area contributed by atoms with E-state index in [0.717, 1.165) is 6.42 Å². The normalized spacial score (nSPS) is 27.9. The highest BCUT2D eigenvalue weighted by Crippen LogP contribution is 2.45. The highest BCUT2D eigenvalue weighted by atomic mass is 16.7. The average Bonchev–Trinajstić information content (AvgIpc) is 2.95. The molecule has 6 atom stereocenters. The van der Waals surface area contributed by atoms with E-state index in [-0.39, 0.29) is 45.5 Å². The Hall–Kier alpha value is -3.75. The van der Waals surface area contributed by atoms with Crippen molar-refractivity contribution in [2.45, 2.75) is 56.0 Å². The molecule has 1 aliphatic heterocycles. The van der Waals surface area contributed by atoms with Gasteiger partial charge in [-0.05, 0) is 37.0 Å². The lowest BCUT2D eigenvalue weighted by atomic mass is 9.77. The van der Waals surface area contributed by atoms with Crippen molar-refractivity contribution >= 4 is 17.5 Å². The largest absolute Gasteiger partial charge is 0.507 e. The molecule has 0 spiro atoms. The molecule has 2 aromatic rings. The smallest absolute Gasteiger partial charge is 0.229 e. The molecule has 5 rings (SSSR count). The molecule has 1 saturated heterocycles. The number of aryl methyl sites for hydroxylation is 1. The number of aliphatic hydroxyl groups excluding tert-OH is 4. The van der Waals surface area contributed by atoms with E-state index in [2.05, 4.69) is 10.3 Å². The number of benzene rings is 2. The number of aliphatic hydroxyl groups is 4. The standard InChI is InChI=1S/C27H31N3O10/c1-29-27(28)30-14-5-3-4-10-6-12-19(22(34)17(10)14)23(35)18-13(20(12)32)7-11(38-2)8-15(18)39-26-25(37)24(36)21(33)16(9-31)40-26/h6-8,14,16,21,24-26,31,33-34,36-37H,3-5,9H2,1-2H3,(H3,28,29,30)/t14-,16+,21+,24-,25+,26-/m0/s1. The molecule has 1 heterocycles. The van der Waals surface area contributed by atoms with Gasteiger partial charge in [0.15, 0.2) is 11.7 Å². The second-order valence-corrected chi connectivity index (χ2v) is 9.94. The van der Waals surface area contributed by atoms with Crippen molar-refractivity contribution < 1.29 is 49.3 Å². The maximum atomic E-state index is 14.0. The number of aromatic hydroxyl groups is 1. The van der Waals surface area contributed by atoms with Gasteiger partial charge >= 0.3 is 0 Å². The summed E-state index contributed by atoms with van der Waals surface area (Å²) in [5.41, 5.74) is 6.59. The number of nitrogens with zero attached hydrogens (tertiary/aromatic N) is 1. The van der Waals surface area contributed by atoms with Crippen LogP contribution in [0, 0.1) is 0 Å². The first-order valence-corrected chi connectivity index (χ1v) is 12.8. The van der Waals surface area contributed by atoms with Gasteiger partial charge in [-0.3, -0.25) is 14.6 Å². The third-order valence-corrected chi connectivity index (χ3v) is 7.62. The topological polar surface area (TPSA) is 213 Å². The van der Waals surface area contributed by atoms with E-state index >= 15 is 0 Å². The molecule has 0 aromatic heterocycles. The maximum absolute atomic E-state index is 14.0. The van der Waals surface area contributed by atoms with Crippen LogP contribution in [-0.2, 0) is 11.2 Å². The third-order valence-electron chi connectivity index (χ3n) is 7.62. The molecule has 0 radical (unpaired) electrons. The molecule has 40 heavy (non-hydrogen) atoms. The quantitative estimate of drug-likeness (QED) is 0.153. The summed E-state index contributed by atoms with van der Waals surface area (Å²) in [4.78, 5) is 31.7. The van der Waals surface area contributed by atoms with Gasteiger partial charge in [0.2, 0.25) is 12.1 Å². The summed E-state index contributed by atoms with van der Waals surface area (Å²) >= 11 is 0. The van der Waals surface area contributed by atoms with Crippen molar-refractivity contribution in [3.8, 4) is 17.2 Å². The lowest BCUT2D eigenvalue weighted by molar-refractivity contribution is -0.277. The lowest BCUT2D eigenvalue weighted by Gasteiger charge is -2.40. The van der Waals surface area contributed by atoms with Gasteiger partial charge in [-0.15, -0.1) is 0 Å². The van der Waals surface area contributed by atoms with E-state index in [1.165, 1.54) is 26.3 Å². The number of ether oxygens (including phenoxy) is 3. The van der Waals surface area contributed by atoms with E-state index in [1.807, 2.05) is 0 Å². The molecule has 214 valence electrons. The van der Waals surface area contributed by atoms with Crippen LogP contribution in [0.4, 0.5) is 0 Å². The third kappa shape index (κ3) is 4.45. The molecule has 0 saturated carbocycles. The van der Waals surface area contributed by atoms with Gasteiger partial charge in [-0.25, -0.2) is 0 Å². The Balaban J connectivity index is 1.61. The first-order valence-electron chi connectivity index (χ1n) is 12.8. The first-order chi connectivity index (χ1) is 19.1. The number of phenols is 1. The second-order valence-electron chi connectivity index (χ2n) is 9.94. The second kappa shape index (κ2) is 10.7. The van der Waals surface area contributed by atoms with Crippen molar-refractivity contribution in [2.75, 3.05) is 20.8 Å². The molecular formula is C27H31N3O10. The van der Waals surface area contributed by atoms with Crippen molar-refractivity contribution in [1.82, 2.24) is 5.32 Å². The van der Waals surface area contributed by atoms with Crippen molar-refractivity contribution in [2.24, 2.45) is 10.7 Å². The Kier molecular flexibility index (Phi) is 7.42. The molecule has 0 unspecified atom stereocenters. The van der Waals surface area contributed by atoms with E-state index in [9.17, 15) is 35.1 Å². The molecule has 2 aliphatic carbocycles. The van der Waals surface area contributed by atoms with Gasteiger partial charge < -0.3 is 50.8 Å². The van der Waals surface area contributed by atoms with Gasteiger partial charge in [0, 0.05) is 29.8 Å². The zero-order chi connectivity index (χ0) is 28.9. The van der Waals surface area contributed by atoms with Crippen molar-refractivity contribution in [3.05, 3.63) is 51.6 Å². The molecule has 8 N–H and O–H groups in total. The number of carbonyl (C=O) groups excluding carboxylic acids is 2. The molecule has 3 aliphatic rings. The van der Waals surface area contributed by atoms with Crippen LogP contribution in [0.15, 0.2) is 23.2 Å². The average molecular weight is 558 g/mol. The van der Waals surface area contributed by atoms with Crippen molar-refractivity contribution in [3.63, 3.8) is 0 Å². The highest BCUT2D eigenvalue weighted by Gasteiger charge is 2.46. The Morgan fingerprint density at radius 2 is 1.82 bits per heavy atom.